The Bertz CT molecular complexity index is 1350. The van der Waals surface area contributed by atoms with Gasteiger partial charge in [-0.3, -0.25) is 9.59 Å². The first-order valence-electron chi connectivity index (χ1n) is 16.1. The minimum Gasteiger partial charge on any atom is -0.285 e. The Balaban J connectivity index is 1.23. The van der Waals surface area contributed by atoms with Crippen LogP contribution in [0.15, 0.2) is 36.4 Å². The third-order valence-electron chi connectivity index (χ3n) is 8.23. The van der Waals surface area contributed by atoms with Crippen molar-refractivity contribution in [2.45, 2.75) is 117 Å². The van der Waals surface area contributed by atoms with Crippen LogP contribution in [0.3, 0.4) is 0 Å². The van der Waals surface area contributed by atoms with Crippen molar-refractivity contribution < 1.29 is 9.59 Å². The van der Waals surface area contributed by atoms with Crippen LogP contribution < -0.4 is 0 Å². The van der Waals surface area contributed by atoms with Gasteiger partial charge in [0.1, 0.15) is 0 Å². The molecule has 224 valence electrons. The Labute approximate surface area is 268 Å². The van der Waals surface area contributed by atoms with Gasteiger partial charge in [0.05, 0.1) is 9.75 Å². The van der Waals surface area contributed by atoms with E-state index in [2.05, 4.69) is 38.1 Å². The lowest BCUT2D eigenvalue weighted by molar-refractivity contribution is 0.0816. The van der Waals surface area contributed by atoms with Gasteiger partial charge in [0.2, 0.25) is 11.6 Å². The van der Waals surface area contributed by atoms with Gasteiger partial charge in [-0.25, -0.2) is 0 Å². The van der Waals surface area contributed by atoms with Crippen LogP contribution in [-0.4, -0.2) is 11.6 Å². The molecular weight excluding hydrogens is 593 g/mol. The number of hydrogen-bond acceptors (Lipinski definition) is 6. The van der Waals surface area contributed by atoms with Crippen molar-refractivity contribution in [2.24, 2.45) is 0 Å². The summed E-state index contributed by atoms with van der Waals surface area (Å²) in [7, 11) is 0. The molecule has 4 aromatic heterocycles. The molecule has 1 aliphatic carbocycles. The minimum absolute atomic E-state index is 0.352. The van der Waals surface area contributed by atoms with Crippen molar-refractivity contribution in [3.63, 3.8) is 0 Å². The highest BCUT2D eigenvalue weighted by molar-refractivity contribution is 7.29. The van der Waals surface area contributed by atoms with Crippen molar-refractivity contribution >= 4 is 56.9 Å². The van der Waals surface area contributed by atoms with Crippen LogP contribution in [0.1, 0.15) is 134 Å². The van der Waals surface area contributed by atoms with Crippen LogP contribution in [0, 0.1) is 0 Å². The summed E-state index contributed by atoms with van der Waals surface area (Å²) in [5.41, 5.74) is 1.18. The van der Waals surface area contributed by atoms with E-state index in [1.165, 1.54) is 109 Å². The average molecular weight is 637 g/mol. The predicted octanol–water partition coefficient (Wildman–Crippen LogP) is 12.9. The van der Waals surface area contributed by atoms with Crippen molar-refractivity contribution in [1.29, 1.82) is 0 Å². The number of ketones is 2. The lowest BCUT2D eigenvalue weighted by atomic mass is 9.95. The number of thiophene rings is 4. The fourth-order valence-electron chi connectivity index (χ4n) is 5.75. The Hall–Kier alpha value is -1.86. The van der Waals surface area contributed by atoms with E-state index in [1.807, 2.05) is 34.8 Å². The third kappa shape index (κ3) is 7.80. The first kappa shape index (κ1) is 31.6. The Morgan fingerprint density at radius 1 is 0.452 bits per heavy atom. The quantitative estimate of drug-likeness (QED) is 0.0804. The minimum atomic E-state index is -0.352. The molecule has 0 aliphatic heterocycles. The van der Waals surface area contributed by atoms with Crippen molar-refractivity contribution in [2.75, 3.05) is 0 Å². The largest absolute Gasteiger partial charge is 0.285 e. The van der Waals surface area contributed by atoms with Crippen molar-refractivity contribution in [3.05, 3.63) is 57.3 Å². The van der Waals surface area contributed by atoms with Crippen LogP contribution in [0.2, 0.25) is 0 Å². The highest BCUT2D eigenvalue weighted by Crippen LogP contribution is 2.50. The zero-order valence-electron chi connectivity index (χ0n) is 25.2. The van der Waals surface area contributed by atoms with Crippen LogP contribution in [0.4, 0.5) is 0 Å². The molecule has 0 unspecified atom stereocenters. The molecule has 0 N–H and O–H groups in total. The van der Waals surface area contributed by atoms with Gasteiger partial charge in [-0.05, 0) is 62.1 Å². The molecule has 4 aromatic rings. The second kappa shape index (κ2) is 15.7. The lowest BCUT2D eigenvalue weighted by Crippen LogP contribution is -2.18. The first-order valence-corrected chi connectivity index (χ1v) is 19.4. The summed E-state index contributed by atoms with van der Waals surface area (Å²) in [6.45, 7) is 4.53. The summed E-state index contributed by atoms with van der Waals surface area (Å²) in [6, 6.07) is 12.8. The van der Waals surface area contributed by atoms with E-state index in [4.69, 9.17) is 0 Å². The van der Waals surface area contributed by atoms with Crippen molar-refractivity contribution in [1.82, 2.24) is 0 Å². The number of aryl methyl sites for hydroxylation is 2. The van der Waals surface area contributed by atoms with E-state index in [-0.39, 0.29) is 11.6 Å². The molecule has 0 bridgehead atoms. The summed E-state index contributed by atoms with van der Waals surface area (Å²) >= 11 is 7.03. The fraction of sp³-hybridized carbons (Fsp3) is 0.500. The zero-order chi connectivity index (χ0) is 29.3. The SMILES string of the molecule is CCCCCCCCCc1ccc(-c2cc3c(s2)-c2sc(-c4ccc(CCCCCCCCC)s4)cc2C(=O)C3=O)s1. The van der Waals surface area contributed by atoms with E-state index in [9.17, 15) is 9.59 Å². The van der Waals surface area contributed by atoms with Gasteiger partial charge in [0, 0.05) is 40.4 Å². The molecule has 4 heterocycles. The molecule has 0 spiro atoms. The molecule has 0 atom stereocenters. The Morgan fingerprint density at radius 3 is 1.24 bits per heavy atom. The zero-order valence-corrected chi connectivity index (χ0v) is 28.5. The normalized spacial score (nSPS) is 12.7. The summed E-state index contributed by atoms with van der Waals surface area (Å²) in [6.07, 6.45) is 20.8. The second-order valence-corrected chi connectivity index (χ2v) is 16.1. The molecule has 0 saturated carbocycles. The van der Waals surface area contributed by atoms with Crippen molar-refractivity contribution in [3.8, 4) is 29.3 Å². The van der Waals surface area contributed by atoms with E-state index in [0.29, 0.717) is 11.1 Å². The second-order valence-electron chi connectivity index (χ2n) is 11.6. The summed E-state index contributed by atoms with van der Waals surface area (Å²) in [4.78, 5) is 35.7. The van der Waals surface area contributed by atoms with Gasteiger partial charge in [-0.1, -0.05) is 90.9 Å². The number of rotatable bonds is 18. The topological polar surface area (TPSA) is 34.1 Å². The molecule has 0 saturated heterocycles. The van der Waals surface area contributed by atoms with Gasteiger partial charge in [-0.15, -0.1) is 45.3 Å². The van der Waals surface area contributed by atoms with E-state index in [1.54, 1.807) is 22.7 Å². The smallest absolute Gasteiger partial charge is 0.235 e. The predicted molar refractivity (Wildman–Crippen MR) is 186 cm³/mol. The fourth-order valence-corrected chi connectivity index (χ4v) is 10.5. The summed E-state index contributed by atoms with van der Waals surface area (Å²) in [5, 5.41) is 0. The van der Waals surface area contributed by atoms with E-state index in [0.717, 1.165) is 32.4 Å². The molecular formula is C36H44O2S4. The van der Waals surface area contributed by atoms with E-state index >= 15 is 0 Å². The number of unbranched alkanes of at least 4 members (excludes halogenated alkanes) is 12. The lowest BCUT2D eigenvalue weighted by Gasteiger charge is -2.08. The molecule has 5 rings (SSSR count). The highest BCUT2D eigenvalue weighted by Gasteiger charge is 2.35. The highest BCUT2D eigenvalue weighted by atomic mass is 32.1. The maximum absolute atomic E-state index is 13.1. The van der Waals surface area contributed by atoms with Crippen LogP contribution in [0.5, 0.6) is 0 Å². The molecule has 6 heteroatoms. The number of carbonyl (C=O) groups excluding carboxylic acids is 2. The standard InChI is InChI=1S/C36H44O2S4/c1-3-5-7-9-11-13-15-17-25-19-21-29(39-25)31-23-27-33(37)34(38)28-24-32(42-36(28)35(27)41-31)30-22-20-26(40-30)18-16-14-12-10-8-6-4-2/h19-24H,3-18H2,1-2H3. The van der Waals surface area contributed by atoms with Gasteiger partial charge in [0.25, 0.3) is 0 Å². The van der Waals surface area contributed by atoms with Gasteiger partial charge < -0.3 is 0 Å². The molecule has 0 radical (unpaired) electrons. The third-order valence-corrected chi connectivity index (χ3v) is 13.3. The first-order chi connectivity index (χ1) is 20.6. The molecule has 42 heavy (non-hydrogen) atoms. The molecule has 0 amide bonds. The average Bonchev–Trinajstić information content (AvgIpc) is 3.80. The van der Waals surface area contributed by atoms with Gasteiger partial charge in [-0.2, -0.15) is 0 Å². The number of Topliss-reactive ketones (excluding diaryl/α,β-unsaturated/α-hetero) is 2. The molecule has 2 nitrogen and oxygen atoms in total. The summed E-state index contributed by atoms with van der Waals surface area (Å²) in [5.74, 6) is -0.704. The number of fused-ring (bicyclic) bond motifs is 3. The van der Waals surface area contributed by atoms with Crippen LogP contribution in [0.25, 0.3) is 29.3 Å². The monoisotopic (exact) mass is 636 g/mol. The Kier molecular flexibility index (Phi) is 11.8. The number of hydrogen-bond donors (Lipinski definition) is 0. The Morgan fingerprint density at radius 2 is 0.833 bits per heavy atom. The molecule has 0 fully saturated rings. The van der Waals surface area contributed by atoms with Crippen LogP contribution in [-0.2, 0) is 12.8 Å². The molecule has 1 aliphatic rings. The van der Waals surface area contributed by atoms with Gasteiger partial charge in [0.15, 0.2) is 0 Å². The maximum Gasteiger partial charge on any atom is 0.235 e. The number of carbonyl (C=O) groups is 2. The van der Waals surface area contributed by atoms with Crippen LogP contribution >= 0.6 is 45.3 Å². The maximum atomic E-state index is 13.1. The molecule has 0 aromatic carbocycles. The van der Waals surface area contributed by atoms with Gasteiger partial charge >= 0.3 is 0 Å². The van der Waals surface area contributed by atoms with E-state index < -0.39 is 0 Å². The summed E-state index contributed by atoms with van der Waals surface area (Å²) < 4.78 is 0.